The largest absolute Gasteiger partial charge is 0.381 e. The van der Waals surface area contributed by atoms with Gasteiger partial charge in [-0.2, -0.15) is 11.8 Å². The molecule has 0 bridgehead atoms. The molecule has 17 heavy (non-hydrogen) atoms. The fourth-order valence-electron chi connectivity index (χ4n) is 2.34. The van der Waals surface area contributed by atoms with Crippen molar-refractivity contribution in [3.05, 3.63) is 28.2 Å². The fraction of sp³-hybridized carbons (Fsp3) is 0.571. The highest BCUT2D eigenvalue weighted by molar-refractivity contribution is 9.10. The predicted molar refractivity (Wildman–Crippen MR) is 82.0 cm³/mol. The number of anilines is 1. The second-order valence-electron chi connectivity index (χ2n) is 5.64. The predicted octanol–water partition coefficient (Wildman–Crippen LogP) is 4.70. The lowest BCUT2D eigenvalue weighted by Gasteiger charge is -2.35. The van der Waals surface area contributed by atoms with E-state index < -0.39 is 0 Å². The number of thioether (sulfide) groups is 1. The highest BCUT2D eigenvalue weighted by atomic mass is 79.9. The van der Waals surface area contributed by atoms with E-state index in [0.717, 1.165) is 0 Å². The Morgan fingerprint density at radius 2 is 2.18 bits per heavy atom. The third-order valence-corrected chi connectivity index (χ3v) is 5.72. The van der Waals surface area contributed by atoms with Gasteiger partial charge in [0.15, 0.2) is 0 Å². The van der Waals surface area contributed by atoms with Crippen LogP contribution in [0, 0.1) is 12.3 Å². The molecule has 0 aliphatic carbocycles. The first kappa shape index (κ1) is 13.3. The molecule has 1 saturated heterocycles. The van der Waals surface area contributed by atoms with E-state index in [1.165, 1.54) is 33.7 Å². The number of benzene rings is 1. The van der Waals surface area contributed by atoms with Crippen molar-refractivity contribution in [3.8, 4) is 0 Å². The molecular formula is C14H20BrNS. The van der Waals surface area contributed by atoms with Crippen LogP contribution in [0.25, 0.3) is 0 Å². The van der Waals surface area contributed by atoms with Crippen molar-refractivity contribution < 1.29 is 0 Å². The Morgan fingerprint density at radius 3 is 2.88 bits per heavy atom. The molecule has 1 unspecified atom stereocenters. The molecule has 0 amide bonds. The zero-order valence-corrected chi connectivity index (χ0v) is 13.1. The molecule has 1 fully saturated rings. The summed E-state index contributed by atoms with van der Waals surface area (Å²) < 4.78 is 1.19. The van der Waals surface area contributed by atoms with Gasteiger partial charge in [-0.15, -0.1) is 0 Å². The van der Waals surface area contributed by atoms with Crippen LogP contribution < -0.4 is 5.32 Å². The van der Waals surface area contributed by atoms with Crippen LogP contribution in [0.5, 0.6) is 0 Å². The van der Waals surface area contributed by atoms with Gasteiger partial charge in [0.2, 0.25) is 0 Å². The minimum absolute atomic E-state index is 0.459. The molecule has 3 heteroatoms. The Kier molecular flexibility index (Phi) is 4.09. The topological polar surface area (TPSA) is 12.0 Å². The smallest absolute Gasteiger partial charge is 0.0383 e. The molecule has 1 aromatic rings. The van der Waals surface area contributed by atoms with Gasteiger partial charge in [0.25, 0.3) is 0 Å². The number of hydrogen-bond donors (Lipinski definition) is 1. The van der Waals surface area contributed by atoms with Crippen LogP contribution in [0.4, 0.5) is 5.69 Å². The summed E-state index contributed by atoms with van der Waals surface area (Å²) in [6, 6.07) is 6.96. The maximum Gasteiger partial charge on any atom is 0.0383 e. The lowest BCUT2D eigenvalue weighted by atomic mass is 9.87. The molecule has 0 radical (unpaired) electrons. The fourth-order valence-corrected chi connectivity index (χ4v) is 3.98. The van der Waals surface area contributed by atoms with Crippen molar-refractivity contribution in [1.82, 2.24) is 0 Å². The minimum atomic E-state index is 0.459. The van der Waals surface area contributed by atoms with Crippen LogP contribution in [-0.2, 0) is 0 Å². The van der Waals surface area contributed by atoms with Gasteiger partial charge in [-0.25, -0.2) is 0 Å². The third kappa shape index (κ3) is 3.41. The first-order valence-corrected chi connectivity index (χ1v) is 8.02. The van der Waals surface area contributed by atoms with E-state index in [-0.39, 0.29) is 0 Å². The summed E-state index contributed by atoms with van der Waals surface area (Å²) in [5, 5.41) is 3.69. The summed E-state index contributed by atoms with van der Waals surface area (Å²) in [5.41, 5.74) is 3.03. The highest BCUT2D eigenvalue weighted by Gasteiger charge is 2.28. The van der Waals surface area contributed by atoms with Crippen molar-refractivity contribution in [1.29, 1.82) is 0 Å². The Labute approximate surface area is 117 Å². The van der Waals surface area contributed by atoms with Crippen LogP contribution in [0.15, 0.2) is 22.7 Å². The highest BCUT2D eigenvalue weighted by Crippen LogP contribution is 2.35. The SMILES string of the molecule is Cc1c(Br)cccc1NC1CSCC(C)(C)C1. The van der Waals surface area contributed by atoms with Gasteiger partial charge in [0.05, 0.1) is 0 Å². The lowest BCUT2D eigenvalue weighted by molar-refractivity contribution is 0.358. The zero-order valence-electron chi connectivity index (χ0n) is 10.7. The van der Waals surface area contributed by atoms with Crippen LogP contribution in [0.2, 0.25) is 0 Å². The van der Waals surface area contributed by atoms with E-state index in [4.69, 9.17) is 0 Å². The van der Waals surface area contributed by atoms with Gasteiger partial charge in [0, 0.05) is 22.0 Å². The van der Waals surface area contributed by atoms with Gasteiger partial charge < -0.3 is 5.32 Å². The first-order chi connectivity index (χ1) is 7.98. The number of nitrogens with one attached hydrogen (secondary N) is 1. The summed E-state index contributed by atoms with van der Waals surface area (Å²) in [6.07, 6.45) is 1.26. The Hall–Kier alpha value is -0.150. The molecule has 1 aliphatic heterocycles. The van der Waals surface area contributed by atoms with Crippen molar-refractivity contribution in [2.24, 2.45) is 5.41 Å². The van der Waals surface area contributed by atoms with Gasteiger partial charge in [-0.05, 0) is 42.2 Å². The van der Waals surface area contributed by atoms with Crippen LogP contribution >= 0.6 is 27.7 Å². The molecule has 1 atom stereocenters. The summed E-state index contributed by atoms with van der Waals surface area (Å²) in [6.45, 7) is 6.89. The standard InChI is InChI=1S/C14H20BrNS/c1-10-12(15)5-4-6-13(10)16-11-7-14(2,3)9-17-8-11/h4-6,11,16H,7-9H2,1-3H3. The molecular weight excluding hydrogens is 294 g/mol. The molecule has 1 aromatic carbocycles. The maximum absolute atomic E-state index is 3.69. The van der Waals surface area contributed by atoms with Crippen molar-refractivity contribution in [3.63, 3.8) is 0 Å². The summed E-state index contributed by atoms with van der Waals surface area (Å²) >= 11 is 5.65. The van der Waals surface area contributed by atoms with E-state index in [9.17, 15) is 0 Å². The molecule has 94 valence electrons. The molecule has 0 spiro atoms. The molecule has 1 nitrogen and oxygen atoms in total. The molecule has 1 N–H and O–H groups in total. The summed E-state index contributed by atoms with van der Waals surface area (Å²) in [7, 11) is 0. The van der Waals surface area contributed by atoms with Gasteiger partial charge in [-0.3, -0.25) is 0 Å². The van der Waals surface area contributed by atoms with Gasteiger partial charge in [0.1, 0.15) is 0 Å². The summed E-state index contributed by atoms with van der Waals surface area (Å²) in [5.74, 6) is 2.50. The lowest BCUT2D eigenvalue weighted by Crippen LogP contribution is -2.35. The van der Waals surface area contributed by atoms with Crippen LogP contribution in [0.3, 0.4) is 0 Å². The van der Waals surface area contributed by atoms with E-state index in [1.54, 1.807) is 0 Å². The zero-order chi connectivity index (χ0) is 12.5. The summed E-state index contributed by atoms with van der Waals surface area (Å²) in [4.78, 5) is 0. The Bertz CT molecular complexity index is 403. The van der Waals surface area contributed by atoms with E-state index in [1.807, 2.05) is 0 Å². The van der Waals surface area contributed by atoms with E-state index in [0.29, 0.717) is 11.5 Å². The average Bonchev–Trinajstić information content (AvgIpc) is 2.23. The van der Waals surface area contributed by atoms with Crippen molar-refractivity contribution in [2.45, 2.75) is 33.2 Å². The van der Waals surface area contributed by atoms with Gasteiger partial charge in [-0.1, -0.05) is 35.8 Å². The van der Waals surface area contributed by atoms with Crippen molar-refractivity contribution >= 4 is 33.4 Å². The Balaban J connectivity index is 2.08. The van der Waals surface area contributed by atoms with Crippen LogP contribution in [-0.4, -0.2) is 17.5 Å². The monoisotopic (exact) mass is 313 g/mol. The second-order valence-corrected chi connectivity index (χ2v) is 7.52. The van der Waals surface area contributed by atoms with Crippen molar-refractivity contribution in [2.75, 3.05) is 16.8 Å². The Morgan fingerprint density at radius 1 is 1.41 bits per heavy atom. The van der Waals surface area contributed by atoms with Crippen LogP contribution in [0.1, 0.15) is 25.8 Å². The number of rotatable bonds is 2. The van der Waals surface area contributed by atoms with E-state index in [2.05, 4.69) is 72.0 Å². The molecule has 0 aromatic heterocycles. The first-order valence-electron chi connectivity index (χ1n) is 6.07. The molecule has 0 saturated carbocycles. The molecule has 1 heterocycles. The quantitative estimate of drug-likeness (QED) is 0.849. The number of hydrogen-bond acceptors (Lipinski definition) is 2. The maximum atomic E-state index is 3.69. The minimum Gasteiger partial charge on any atom is -0.381 e. The third-order valence-electron chi connectivity index (χ3n) is 3.24. The number of halogens is 1. The second kappa shape index (κ2) is 5.23. The normalized spacial score (nSPS) is 23.4. The average molecular weight is 314 g/mol. The van der Waals surface area contributed by atoms with Gasteiger partial charge >= 0.3 is 0 Å². The van der Waals surface area contributed by atoms with E-state index >= 15 is 0 Å². The molecule has 1 aliphatic rings. The molecule has 2 rings (SSSR count).